The summed E-state index contributed by atoms with van der Waals surface area (Å²) in [4.78, 5) is 19.0. The van der Waals surface area contributed by atoms with Gasteiger partial charge < -0.3 is 19.5 Å². The van der Waals surface area contributed by atoms with Gasteiger partial charge in [0.15, 0.2) is 0 Å². The maximum atomic E-state index is 12.2. The molecule has 170 valence electrons. The van der Waals surface area contributed by atoms with Crippen molar-refractivity contribution in [1.29, 1.82) is 0 Å². The molecule has 2 N–H and O–H groups in total. The van der Waals surface area contributed by atoms with E-state index in [1.165, 1.54) is 0 Å². The van der Waals surface area contributed by atoms with Crippen LogP contribution < -0.4 is 10.1 Å². The van der Waals surface area contributed by atoms with E-state index in [0.717, 1.165) is 17.0 Å². The van der Waals surface area contributed by atoms with E-state index in [-0.39, 0.29) is 17.9 Å². The molecule has 8 heteroatoms. The van der Waals surface area contributed by atoms with Crippen molar-refractivity contribution in [1.82, 2.24) is 10.2 Å². The van der Waals surface area contributed by atoms with Crippen LogP contribution in [0.1, 0.15) is 43.4 Å². The quantitative estimate of drug-likeness (QED) is 0.704. The highest BCUT2D eigenvalue weighted by molar-refractivity contribution is 6.31. The Morgan fingerprint density at radius 3 is 2.62 bits per heavy atom. The molecule has 1 saturated heterocycles. The number of benzene rings is 2. The van der Waals surface area contributed by atoms with Crippen LogP contribution in [0, 0.1) is 0 Å². The van der Waals surface area contributed by atoms with Crippen LogP contribution in [0.3, 0.4) is 0 Å². The number of carbonyl (C=O) groups is 1. The first kappa shape index (κ1) is 22.4. The number of aromatic hydroxyl groups is 1. The van der Waals surface area contributed by atoms with Crippen molar-refractivity contribution in [3.05, 3.63) is 58.6 Å². The molecule has 0 unspecified atom stereocenters. The van der Waals surface area contributed by atoms with Crippen LogP contribution in [0.15, 0.2) is 47.5 Å². The van der Waals surface area contributed by atoms with Crippen LogP contribution in [0.5, 0.6) is 11.5 Å². The molecule has 1 amide bonds. The van der Waals surface area contributed by atoms with Gasteiger partial charge in [-0.3, -0.25) is 10.3 Å². The Kier molecular flexibility index (Phi) is 6.58. The highest BCUT2D eigenvalue weighted by Crippen LogP contribution is 2.37. The van der Waals surface area contributed by atoms with E-state index in [1.54, 1.807) is 37.1 Å². The predicted molar refractivity (Wildman–Crippen MR) is 124 cm³/mol. The van der Waals surface area contributed by atoms with Crippen LogP contribution >= 0.6 is 11.6 Å². The third-order valence-corrected chi connectivity index (χ3v) is 6.33. The van der Waals surface area contributed by atoms with Crippen molar-refractivity contribution >= 4 is 23.4 Å². The summed E-state index contributed by atoms with van der Waals surface area (Å²) in [5.41, 5.74) is 2.00. The molecule has 1 atom stereocenters. The number of nitrogens with one attached hydrogen (secondary N) is 1. The molecule has 2 aromatic rings. The number of hydrogen-bond donors (Lipinski definition) is 2. The van der Waals surface area contributed by atoms with Crippen molar-refractivity contribution in [2.75, 3.05) is 26.8 Å². The minimum Gasteiger partial charge on any atom is -0.507 e. The number of carbonyl (C=O) groups excluding carboxylic acids is 1. The molecule has 2 aliphatic rings. The molecule has 0 radical (unpaired) electrons. The number of methoxy groups -OCH3 is 1. The van der Waals surface area contributed by atoms with Gasteiger partial charge in [0.2, 0.25) is 0 Å². The van der Waals surface area contributed by atoms with Gasteiger partial charge in [0.05, 0.1) is 13.7 Å². The normalized spacial score (nSPS) is 20.0. The van der Waals surface area contributed by atoms with Gasteiger partial charge in [0.25, 0.3) is 0 Å². The number of piperidine rings is 1. The summed E-state index contributed by atoms with van der Waals surface area (Å²) in [5.74, 6) is 0.950. The van der Waals surface area contributed by atoms with E-state index in [2.05, 4.69) is 5.32 Å². The molecule has 2 heterocycles. The summed E-state index contributed by atoms with van der Waals surface area (Å²) in [6.07, 6.45) is 1.59. The summed E-state index contributed by atoms with van der Waals surface area (Å²) >= 11 is 6.23. The Labute approximate surface area is 193 Å². The van der Waals surface area contributed by atoms with Crippen LogP contribution in [-0.2, 0) is 4.74 Å². The van der Waals surface area contributed by atoms with Crippen LogP contribution in [0.25, 0.3) is 0 Å². The largest absolute Gasteiger partial charge is 0.507 e. The molecule has 1 spiro atoms. The number of nitrogens with zero attached hydrogens (tertiary/aromatic N) is 2. The monoisotopic (exact) mass is 457 g/mol. The second-order valence-corrected chi connectivity index (χ2v) is 8.55. The van der Waals surface area contributed by atoms with Crippen molar-refractivity contribution < 1.29 is 19.4 Å². The lowest BCUT2D eigenvalue weighted by atomic mass is 9.87. The summed E-state index contributed by atoms with van der Waals surface area (Å²) in [6, 6.07) is 13.0. The Morgan fingerprint density at radius 2 is 1.97 bits per heavy atom. The SMILES string of the molecule is CCOC(=O)N1CCC2(CC1)N=C(c1cc(Cl)ccc1O)C[C@H](c1ccc(OC)cc1)N2. The smallest absolute Gasteiger partial charge is 0.409 e. The maximum absolute atomic E-state index is 12.2. The summed E-state index contributed by atoms with van der Waals surface area (Å²) in [7, 11) is 1.65. The van der Waals surface area contributed by atoms with Gasteiger partial charge >= 0.3 is 6.09 Å². The third-order valence-electron chi connectivity index (χ3n) is 6.09. The Bertz CT molecular complexity index is 1000. The predicted octanol–water partition coefficient (Wildman–Crippen LogP) is 4.53. The van der Waals surface area contributed by atoms with Crippen molar-refractivity contribution in [2.45, 2.75) is 37.9 Å². The van der Waals surface area contributed by atoms with Crippen molar-refractivity contribution in [2.24, 2.45) is 4.99 Å². The molecule has 1 fully saturated rings. The van der Waals surface area contributed by atoms with Crippen LogP contribution in [0.4, 0.5) is 4.79 Å². The molecule has 2 aliphatic heterocycles. The van der Waals surface area contributed by atoms with Crippen molar-refractivity contribution in [3.63, 3.8) is 0 Å². The Balaban J connectivity index is 1.66. The van der Waals surface area contributed by atoms with Crippen LogP contribution in [-0.4, -0.2) is 54.3 Å². The number of amides is 1. The summed E-state index contributed by atoms with van der Waals surface area (Å²) < 4.78 is 10.5. The number of rotatable bonds is 4. The number of likely N-dealkylation sites (tertiary alicyclic amines) is 1. The molecule has 0 saturated carbocycles. The zero-order valence-corrected chi connectivity index (χ0v) is 19.1. The van der Waals surface area contributed by atoms with E-state index in [0.29, 0.717) is 49.5 Å². The number of aliphatic imine (C=N–C) groups is 1. The van der Waals surface area contributed by atoms with Gasteiger partial charge in [-0.05, 0) is 42.8 Å². The lowest BCUT2D eigenvalue weighted by molar-refractivity contribution is 0.0779. The lowest BCUT2D eigenvalue weighted by Crippen LogP contribution is -2.56. The van der Waals surface area contributed by atoms with Gasteiger partial charge in [-0.1, -0.05) is 23.7 Å². The molecule has 0 bridgehead atoms. The minimum absolute atomic E-state index is 0.0130. The topological polar surface area (TPSA) is 83.4 Å². The molecular formula is C24H28ClN3O4. The lowest BCUT2D eigenvalue weighted by Gasteiger charge is -2.45. The van der Waals surface area contributed by atoms with Gasteiger partial charge in [-0.25, -0.2) is 4.79 Å². The van der Waals surface area contributed by atoms with E-state index >= 15 is 0 Å². The highest BCUT2D eigenvalue weighted by atomic mass is 35.5. The average molecular weight is 458 g/mol. The first-order valence-corrected chi connectivity index (χ1v) is 11.2. The number of ether oxygens (including phenoxy) is 2. The first-order chi connectivity index (χ1) is 15.4. The molecular weight excluding hydrogens is 430 g/mol. The second kappa shape index (κ2) is 9.38. The van der Waals surface area contributed by atoms with E-state index in [9.17, 15) is 9.90 Å². The van der Waals surface area contributed by atoms with Crippen molar-refractivity contribution in [3.8, 4) is 11.5 Å². The zero-order valence-electron chi connectivity index (χ0n) is 18.3. The van der Waals surface area contributed by atoms with Gasteiger partial charge in [0.1, 0.15) is 17.2 Å². The molecule has 0 aliphatic carbocycles. The zero-order chi connectivity index (χ0) is 22.7. The minimum atomic E-state index is -0.546. The van der Waals surface area contributed by atoms with Gasteiger partial charge in [-0.2, -0.15) is 0 Å². The number of phenols is 1. The van der Waals surface area contributed by atoms with E-state index < -0.39 is 5.66 Å². The Morgan fingerprint density at radius 1 is 1.25 bits per heavy atom. The molecule has 0 aromatic heterocycles. The fraction of sp³-hybridized carbons (Fsp3) is 0.417. The highest BCUT2D eigenvalue weighted by Gasteiger charge is 2.41. The third kappa shape index (κ3) is 4.69. The first-order valence-electron chi connectivity index (χ1n) is 10.8. The molecule has 32 heavy (non-hydrogen) atoms. The number of phenolic OH excluding ortho intramolecular Hbond substituents is 1. The number of halogens is 1. The van der Waals surface area contributed by atoms with Gasteiger partial charge in [-0.15, -0.1) is 0 Å². The van der Waals surface area contributed by atoms with Crippen LogP contribution in [0.2, 0.25) is 5.02 Å². The number of hydrogen-bond acceptors (Lipinski definition) is 6. The fourth-order valence-electron chi connectivity index (χ4n) is 4.38. The summed E-state index contributed by atoms with van der Waals surface area (Å²) in [6.45, 7) is 3.24. The van der Waals surface area contributed by atoms with E-state index in [4.69, 9.17) is 26.1 Å². The van der Waals surface area contributed by atoms with Gasteiger partial charge in [0, 0.05) is 54.7 Å². The molecule has 7 nitrogen and oxygen atoms in total. The second-order valence-electron chi connectivity index (χ2n) is 8.11. The fourth-order valence-corrected chi connectivity index (χ4v) is 4.55. The van der Waals surface area contributed by atoms with E-state index in [1.807, 2.05) is 24.3 Å². The summed E-state index contributed by atoms with van der Waals surface area (Å²) in [5, 5.41) is 14.8. The Hall–Kier alpha value is -2.77. The maximum Gasteiger partial charge on any atom is 0.409 e. The average Bonchev–Trinajstić information content (AvgIpc) is 2.81. The molecule has 2 aromatic carbocycles. The molecule has 4 rings (SSSR count). The standard InChI is InChI=1S/C24H28ClN3O4/c1-3-32-23(30)28-12-10-24(11-13-28)26-20(16-4-7-18(31-2)8-5-16)15-21(27-24)19-14-17(25)6-9-22(19)29/h4-9,14,20,26,29H,3,10-13,15H2,1-2H3/t20-/m1/s1.